The molecule has 1 fully saturated rings. The average molecular weight is 498 g/mol. The van der Waals surface area contributed by atoms with Gasteiger partial charge in [-0.05, 0) is 59.1 Å². The molecule has 10 heteroatoms. The van der Waals surface area contributed by atoms with Crippen LogP contribution in [0, 0.1) is 11.6 Å². The quantitative estimate of drug-likeness (QED) is 0.503. The Kier molecular flexibility index (Phi) is 6.16. The van der Waals surface area contributed by atoms with E-state index in [2.05, 4.69) is 31.6 Å². The fourth-order valence-electron chi connectivity index (χ4n) is 3.39. The van der Waals surface area contributed by atoms with Crippen molar-refractivity contribution >= 4 is 44.2 Å². The lowest BCUT2D eigenvalue weighted by atomic mass is 10.0. The average Bonchev–Trinajstić information content (AvgIpc) is 3.33. The second kappa shape index (κ2) is 8.65. The number of rotatable bonds is 6. The smallest absolute Gasteiger partial charge is 0.225 e. The van der Waals surface area contributed by atoms with Crippen molar-refractivity contribution in [1.82, 2.24) is 15.6 Å². The summed E-state index contributed by atoms with van der Waals surface area (Å²) in [6, 6.07) is 13.4. The number of anilines is 1. The lowest BCUT2D eigenvalue weighted by molar-refractivity contribution is 0.474. The van der Waals surface area contributed by atoms with Gasteiger partial charge in [0.15, 0.2) is 3.92 Å². The molecule has 0 amide bonds. The molecule has 1 aliphatic heterocycles. The zero-order valence-electron chi connectivity index (χ0n) is 15.2. The Labute approximate surface area is 183 Å². The second-order valence-electron chi connectivity index (χ2n) is 6.51. The van der Waals surface area contributed by atoms with E-state index in [0.29, 0.717) is 22.0 Å². The minimum Gasteiger partial charge on any atom is -0.330 e. The molecule has 5 nitrogen and oxygen atoms in total. The summed E-state index contributed by atoms with van der Waals surface area (Å²) in [7, 11) is 0. The van der Waals surface area contributed by atoms with Gasteiger partial charge in [0.25, 0.3) is 0 Å². The van der Waals surface area contributed by atoms with Crippen molar-refractivity contribution in [2.45, 2.75) is 23.1 Å². The van der Waals surface area contributed by atoms with Crippen LogP contribution in [0.1, 0.15) is 29.3 Å². The molecule has 152 valence electrons. The summed E-state index contributed by atoms with van der Waals surface area (Å²) in [6.45, 7) is 0.516. The summed E-state index contributed by atoms with van der Waals surface area (Å²) in [4.78, 5) is -0.608. The molecule has 0 saturated carbocycles. The van der Waals surface area contributed by atoms with Crippen molar-refractivity contribution in [3.05, 3.63) is 75.2 Å². The predicted molar refractivity (Wildman–Crippen MR) is 116 cm³/mol. The Morgan fingerprint density at radius 1 is 1.17 bits per heavy atom. The van der Waals surface area contributed by atoms with Gasteiger partial charge in [-0.3, -0.25) is 5.01 Å². The summed E-state index contributed by atoms with van der Waals surface area (Å²) in [5.41, 5.74) is 10.5. The highest BCUT2D eigenvalue weighted by molar-refractivity contribution is 9.11. The molecule has 2 atom stereocenters. The number of hydrogen-bond donors (Lipinski definition) is 2. The summed E-state index contributed by atoms with van der Waals surface area (Å²) in [5.74, 6) is -0.939. The van der Waals surface area contributed by atoms with Crippen molar-refractivity contribution in [3.63, 3.8) is 0 Å². The van der Waals surface area contributed by atoms with E-state index < -0.39 is 21.9 Å². The number of benzene rings is 2. The van der Waals surface area contributed by atoms with E-state index in [-0.39, 0.29) is 5.56 Å². The Balaban J connectivity index is 1.83. The zero-order chi connectivity index (χ0) is 20.4. The van der Waals surface area contributed by atoms with E-state index in [9.17, 15) is 8.78 Å². The summed E-state index contributed by atoms with van der Waals surface area (Å²) in [5, 5.41) is 10.4. The van der Waals surface area contributed by atoms with E-state index >= 15 is 0 Å². The van der Waals surface area contributed by atoms with Gasteiger partial charge in [0, 0.05) is 5.56 Å². The largest absolute Gasteiger partial charge is 0.330 e. The molecule has 0 bridgehead atoms. The van der Waals surface area contributed by atoms with Crippen LogP contribution in [0.4, 0.5) is 13.9 Å². The molecule has 1 aliphatic rings. The molecular formula is C19H18BrF2N5S2. The molecule has 1 saturated heterocycles. The van der Waals surface area contributed by atoms with Gasteiger partial charge in [-0.2, -0.15) is 0 Å². The monoisotopic (exact) mass is 497 g/mol. The molecule has 0 spiro atoms. The third-order valence-corrected chi connectivity index (χ3v) is 7.63. The van der Waals surface area contributed by atoms with Crippen LogP contribution in [-0.4, -0.2) is 16.7 Å². The Bertz CT molecular complexity index is 990. The summed E-state index contributed by atoms with van der Waals surface area (Å²) in [6.07, 6.45) is 1.44. The van der Waals surface area contributed by atoms with Crippen LogP contribution < -0.4 is 16.2 Å². The predicted octanol–water partition coefficient (Wildman–Crippen LogP) is 4.93. The van der Waals surface area contributed by atoms with Gasteiger partial charge in [-0.15, -0.1) is 22.0 Å². The van der Waals surface area contributed by atoms with Crippen LogP contribution in [-0.2, 0) is 4.87 Å². The molecule has 0 aliphatic carbocycles. The molecule has 4 rings (SSSR count). The Hall–Kier alpha value is -1.59. The third kappa shape index (κ3) is 4.04. The van der Waals surface area contributed by atoms with Gasteiger partial charge in [0.1, 0.15) is 21.9 Å². The number of hydrogen-bond acceptors (Lipinski definition) is 7. The van der Waals surface area contributed by atoms with Crippen LogP contribution in [0.15, 0.2) is 52.4 Å². The molecule has 2 aromatic carbocycles. The first-order chi connectivity index (χ1) is 14.0. The van der Waals surface area contributed by atoms with E-state index in [1.807, 2.05) is 35.3 Å². The highest BCUT2D eigenvalue weighted by Gasteiger charge is 2.50. The molecule has 1 aromatic heterocycles. The third-order valence-electron chi connectivity index (χ3n) is 4.69. The van der Waals surface area contributed by atoms with Crippen LogP contribution >= 0.6 is 39.0 Å². The van der Waals surface area contributed by atoms with Crippen LogP contribution in [0.2, 0.25) is 0 Å². The fraction of sp³-hybridized carbons (Fsp3) is 0.263. The Morgan fingerprint density at radius 3 is 2.66 bits per heavy atom. The first kappa shape index (κ1) is 20.7. The van der Waals surface area contributed by atoms with Crippen molar-refractivity contribution in [2.24, 2.45) is 5.73 Å². The number of nitrogens with one attached hydrogen (secondary N) is 1. The van der Waals surface area contributed by atoms with Gasteiger partial charge in [-0.1, -0.05) is 41.7 Å². The number of thioether (sulfide) groups is 1. The van der Waals surface area contributed by atoms with Crippen molar-refractivity contribution in [1.29, 1.82) is 0 Å². The highest BCUT2D eigenvalue weighted by Crippen LogP contribution is 2.56. The first-order valence-corrected chi connectivity index (χ1v) is 11.5. The standard InChI is InChI=1S/C19H18BrF2N5S2/c20-17-24-25-18(28-17)27-19(9-4-10-23,12-5-2-1-3-6-12)29-16(26-27)14-11-13(21)7-8-15(14)22/h1-3,5-8,11,16,26H,4,9-10,23H2. The van der Waals surface area contributed by atoms with Crippen LogP contribution in [0.3, 0.4) is 0 Å². The maximum absolute atomic E-state index is 14.6. The molecular weight excluding hydrogens is 480 g/mol. The minimum atomic E-state index is -0.608. The maximum atomic E-state index is 14.6. The normalized spacial score (nSPS) is 21.7. The summed E-state index contributed by atoms with van der Waals surface area (Å²) >= 11 is 6.24. The molecule has 3 aromatic rings. The molecule has 2 unspecified atom stereocenters. The molecule has 0 radical (unpaired) electrons. The number of nitrogens with two attached hydrogens (primary N) is 1. The number of aromatic nitrogens is 2. The van der Waals surface area contributed by atoms with Gasteiger partial charge in [0.05, 0.1) is 0 Å². The van der Waals surface area contributed by atoms with Crippen molar-refractivity contribution in [3.8, 4) is 0 Å². The minimum absolute atomic E-state index is 0.258. The Morgan fingerprint density at radius 2 is 1.97 bits per heavy atom. The SMILES string of the molecule is NCCCC1(c2ccccc2)SC(c2cc(F)ccc2F)NN1c1nnc(Br)s1. The van der Waals surface area contributed by atoms with E-state index in [4.69, 9.17) is 5.73 Å². The molecule has 2 heterocycles. The lowest BCUT2D eigenvalue weighted by Gasteiger charge is -2.36. The number of nitrogens with zero attached hydrogens (tertiary/aromatic N) is 3. The van der Waals surface area contributed by atoms with E-state index in [0.717, 1.165) is 24.1 Å². The lowest BCUT2D eigenvalue weighted by Crippen LogP contribution is -2.46. The molecule has 3 N–H and O–H groups in total. The zero-order valence-corrected chi connectivity index (χ0v) is 18.4. The van der Waals surface area contributed by atoms with Crippen molar-refractivity contribution in [2.75, 3.05) is 11.6 Å². The van der Waals surface area contributed by atoms with Crippen molar-refractivity contribution < 1.29 is 8.78 Å². The van der Waals surface area contributed by atoms with Gasteiger partial charge >= 0.3 is 0 Å². The maximum Gasteiger partial charge on any atom is 0.225 e. The topological polar surface area (TPSA) is 67.1 Å². The first-order valence-electron chi connectivity index (χ1n) is 8.97. The molecule has 29 heavy (non-hydrogen) atoms. The van der Waals surface area contributed by atoms with Gasteiger partial charge < -0.3 is 5.73 Å². The van der Waals surface area contributed by atoms with Gasteiger partial charge in [0.2, 0.25) is 5.13 Å². The number of hydrazine groups is 1. The van der Waals surface area contributed by atoms with E-state index in [1.165, 1.54) is 29.2 Å². The van der Waals surface area contributed by atoms with Crippen LogP contribution in [0.25, 0.3) is 0 Å². The second-order valence-corrected chi connectivity index (χ2v) is 10.1. The van der Waals surface area contributed by atoms with E-state index in [1.54, 1.807) is 0 Å². The van der Waals surface area contributed by atoms with Gasteiger partial charge in [-0.25, -0.2) is 14.2 Å². The summed E-state index contributed by atoms with van der Waals surface area (Å²) < 4.78 is 29.1. The number of halogens is 3. The van der Waals surface area contributed by atoms with Crippen LogP contribution in [0.5, 0.6) is 0 Å². The highest BCUT2D eigenvalue weighted by atomic mass is 79.9. The fourth-order valence-corrected chi connectivity index (χ4v) is 6.21.